The Bertz CT molecular complexity index is 543. The zero-order valence-electron chi connectivity index (χ0n) is 14.6. The molecule has 0 aromatic heterocycles. The van der Waals surface area contributed by atoms with Crippen molar-refractivity contribution in [2.24, 2.45) is 5.92 Å². The molecule has 1 aliphatic rings. The van der Waals surface area contributed by atoms with Crippen molar-refractivity contribution < 1.29 is 14.7 Å². The summed E-state index contributed by atoms with van der Waals surface area (Å²) in [6, 6.07) is 9.98. The number of benzene rings is 1. The Morgan fingerprint density at radius 3 is 2.50 bits per heavy atom. The van der Waals surface area contributed by atoms with E-state index < -0.39 is 6.10 Å². The Morgan fingerprint density at radius 1 is 1.21 bits per heavy atom. The maximum absolute atomic E-state index is 12.5. The number of carbonyl (C=O) groups excluding carboxylic acids is 2. The van der Waals surface area contributed by atoms with Crippen LogP contribution in [0.15, 0.2) is 30.3 Å². The molecule has 0 spiro atoms. The molecule has 0 aliphatic carbocycles. The third-order valence-electron chi connectivity index (χ3n) is 4.70. The van der Waals surface area contributed by atoms with Gasteiger partial charge >= 0.3 is 0 Å². The van der Waals surface area contributed by atoms with Gasteiger partial charge in [0, 0.05) is 25.6 Å². The predicted molar refractivity (Wildman–Crippen MR) is 93.4 cm³/mol. The summed E-state index contributed by atoms with van der Waals surface area (Å²) in [6.07, 6.45) is 1.58. The molecule has 1 aromatic rings. The first-order chi connectivity index (χ1) is 11.5. The first-order valence-electron chi connectivity index (χ1n) is 8.83. The van der Waals surface area contributed by atoms with Crippen molar-refractivity contribution in [3.63, 3.8) is 0 Å². The highest BCUT2D eigenvalue weighted by molar-refractivity contribution is 5.86. The van der Waals surface area contributed by atoms with Crippen LogP contribution < -0.4 is 0 Å². The maximum Gasteiger partial charge on any atom is 0.242 e. The summed E-state index contributed by atoms with van der Waals surface area (Å²) in [5.74, 6) is -0.167. The van der Waals surface area contributed by atoms with Crippen molar-refractivity contribution in [3.8, 4) is 0 Å². The quantitative estimate of drug-likeness (QED) is 0.862. The molecule has 24 heavy (non-hydrogen) atoms. The van der Waals surface area contributed by atoms with E-state index in [-0.39, 0.29) is 30.8 Å². The highest BCUT2D eigenvalue weighted by Gasteiger charge is 2.31. The highest BCUT2D eigenvalue weighted by Crippen LogP contribution is 2.15. The van der Waals surface area contributed by atoms with Gasteiger partial charge in [-0.25, -0.2) is 0 Å². The monoisotopic (exact) mass is 332 g/mol. The van der Waals surface area contributed by atoms with Crippen LogP contribution in [-0.4, -0.2) is 59.0 Å². The Morgan fingerprint density at radius 2 is 1.88 bits per heavy atom. The van der Waals surface area contributed by atoms with Crippen LogP contribution in [0.1, 0.15) is 32.3 Å². The van der Waals surface area contributed by atoms with Gasteiger partial charge in [-0.15, -0.1) is 0 Å². The molecule has 0 radical (unpaired) electrons. The normalized spacial score (nSPS) is 18.8. The van der Waals surface area contributed by atoms with Crippen molar-refractivity contribution in [2.45, 2.75) is 39.2 Å². The van der Waals surface area contributed by atoms with Gasteiger partial charge in [0.05, 0.1) is 12.6 Å². The molecule has 1 unspecified atom stereocenters. The highest BCUT2D eigenvalue weighted by atomic mass is 16.3. The van der Waals surface area contributed by atoms with Gasteiger partial charge in [0.1, 0.15) is 0 Å². The molecular formula is C19H28N2O3. The second-order valence-electron chi connectivity index (χ2n) is 6.46. The number of nitrogens with zero attached hydrogens (tertiary/aromatic N) is 2. The van der Waals surface area contributed by atoms with E-state index in [9.17, 15) is 14.7 Å². The number of β-amino-alcohol motifs (C(OH)–C–C–N with tert-alkyl or cyclic N) is 1. The molecule has 1 saturated heterocycles. The first kappa shape index (κ1) is 18.5. The molecule has 5 nitrogen and oxygen atoms in total. The minimum absolute atomic E-state index is 0.0164. The van der Waals surface area contributed by atoms with E-state index in [0.29, 0.717) is 13.1 Å². The molecule has 1 fully saturated rings. The number of aliphatic hydroxyl groups excluding tert-OH is 1. The summed E-state index contributed by atoms with van der Waals surface area (Å²) >= 11 is 0. The molecular weight excluding hydrogens is 304 g/mol. The lowest BCUT2D eigenvalue weighted by atomic mass is 10.0. The van der Waals surface area contributed by atoms with Crippen molar-refractivity contribution in [1.82, 2.24) is 9.80 Å². The molecule has 1 aromatic carbocycles. The fourth-order valence-electron chi connectivity index (χ4n) is 3.18. The van der Waals surface area contributed by atoms with Crippen LogP contribution in [0, 0.1) is 5.92 Å². The van der Waals surface area contributed by atoms with Crippen molar-refractivity contribution >= 4 is 11.8 Å². The number of hydrogen-bond acceptors (Lipinski definition) is 3. The van der Waals surface area contributed by atoms with Crippen molar-refractivity contribution in [2.75, 3.05) is 26.2 Å². The Hall–Kier alpha value is -1.88. The summed E-state index contributed by atoms with van der Waals surface area (Å²) in [7, 11) is 0. The van der Waals surface area contributed by atoms with Crippen LogP contribution in [-0.2, 0) is 16.0 Å². The van der Waals surface area contributed by atoms with Gasteiger partial charge in [0.25, 0.3) is 0 Å². The lowest BCUT2D eigenvalue weighted by Crippen LogP contribution is -2.42. The van der Waals surface area contributed by atoms with Crippen LogP contribution in [0.4, 0.5) is 0 Å². The van der Waals surface area contributed by atoms with E-state index in [1.165, 1.54) is 4.90 Å². The second kappa shape index (κ2) is 8.83. The van der Waals surface area contributed by atoms with Crippen LogP contribution in [0.25, 0.3) is 0 Å². The fourth-order valence-corrected chi connectivity index (χ4v) is 3.18. The minimum atomic E-state index is -0.689. The molecule has 0 bridgehead atoms. The summed E-state index contributed by atoms with van der Waals surface area (Å²) < 4.78 is 0. The average Bonchev–Trinajstić information content (AvgIpc) is 2.73. The SMILES string of the molecule is CCC(CC)C(=O)N1CC(=O)N(CCc2ccccc2)CC(O)C1. The Balaban J connectivity index is 1.99. The molecule has 132 valence electrons. The van der Waals surface area contributed by atoms with Crippen molar-refractivity contribution in [1.29, 1.82) is 0 Å². The minimum Gasteiger partial charge on any atom is -0.389 e. The third kappa shape index (κ3) is 4.81. The number of amides is 2. The molecule has 2 amide bonds. The topological polar surface area (TPSA) is 60.9 Å². The smallest absolute Gasteiger partial charge is 0.242 e. The van der Waals surface area contributed by atoms with Crippen LogP contribution in [0.2, 0.25) is 0 Å². The van der Waals surface area contributed by atoms with E-state index in [2.05, 4.69) is 0 Å². The van der Waals surface area contributed by atoms with Gasteiger partial charge in [-0.3, -0.25) is 9.59 Å². The molecule has 2 rings (SSSR count). The summed E-state index contributed by atoms with van der Waals surface area (Å²) in [5.41, 5.74) is 1.16. The molecule has 0 saturated carbocycles. The maximum atomic E-state index is 12.5. The van der Waals surface area contributed by atoms with Crippen LogP contribution >= 0.6 is 0 Å². The molecule has 1 aliphatic heterocycles. The average molecular weight is 332 g/mol. The number of aliphatic hydroxyl groups is 1. The van der Waals surface area contributed by atoms with Gasteiger partial charge in [0.15, 0.2) is 0 Å². The van der Waals surface area contributed by atoms with Gasteiger partial charge in [-0.2, -0.15) is 0 Å². The van der Waals surface area contributed by atoms with E-state index in [0.717, 1.165) is 24.8 Å². The van der Waals surface area contributed by atoms with Gasteiger partial charge in [-0.05, 0) is 24.8 Å². The number of carbonyl (C=O) groups is 2. The number of hydrogen-bond donors (Lipinski definition) is 1. The van der Waals surface area contributed by atoms with E-state index >= 15 is 0 Å². The van der Waals surface area contributed by atoms with Gasteiger partial charge < -0.3 is 14.9 Å². The summed E-state index contributed by atoms with van der Waals surface area (Å²) in [6.45, 7) is 5.12. The Kier molecular flexibility index (Phi) is 6.79. The van der Waals surface area contributed by atoms with Crippen LogP contribution in [0.5, 0.6) is 0 Å². The van der Waals surface area contributed by atoms with Crippen LogP contribution in [0.3, 0.4) is 0 Å². The molecule has 1 N–H and O–H groups in total. The van der Waals surface area contributed by atoms with Gasteiger partial charge in [-0.1, -0.05) is 44.2 Å². The summed E-state index contributed by atoms with van der Waals surface area (Å²) in [4.78, 5) is 28.3. The fraction of sp³-hybridized carbons (Fsp3) is 0.579. The lowest BCUT2D eigenvalue weighted by molar-refractivity contribution is -0.141. The first-order valence-corrected chi connectivity index (χ1v) is 8.83. The van der Waals surface area contributed by atoms with Crippen molar-refractivity contribution in [3.05, 3.63) is 35.9 Å². The third-order valence-corrected chi connectivity index (χ3v) is 4.70. The Labute approximate surface area is 144 Å². The standard InChI is InChI=1S/C19H28N2O3/c1-3-16(4-2)19(24)21-13-17(22)12-20(18(23)14-21)11-10-15-8-6-5-7-9-15/h5-9,16-17,22H,3-4,10-14H2,1-2H3. The number of rotatable bonds is 6. The van der Waals surface area contributed by atoms with E-state index in [1.807, 2.05) is 44.2 Å². The molecule has 1 heterocycles. The van der Waals surface area contributed by atoms with E-state index in [1.54, 1.807) is 4.90 Å². The largest absolute Gasteiger partial charge is 0.389 e. The second-order valence-corrected chi connectivity index (χ2v) is 6.46. The zero-order chi connectivity index (χ0) is 17.5. The lowest BCUT2D eigenvalue weighted by Gasteiger charge is -2.25. The van der Waals surface area contributed by atoms with Gasteiger partial charge in [0.2, 0.25) is 11.8 Å². The van der Waals surface area contributed by atoms with E-state index in [4.69, 9.17) is 0 Å². The zero-order valence-corrected chi connectivity index (χ0v) is 14.6. The summed E-state index contributed by atoms with van der Waals surface area (Å²) in [5, 5.41) is 10.2. The predicted octanol–water partition coefficient (Wildman–Crippen LogP) is 1.70. The molecule has 5 heteroatoms. The molecule has 1 atom stereocenters.